The van der Waals surface area contributed by atoms with Crippen molar-refractivity contribution in [3.05, 3.63) is 77.1 Å². The predicted molar refractivity (Wildman–Crippen MR) is 113 cm³/mol. The highest BCUT2D eigenvalue weighted by Gasteiger charge is 2.31. The number of urea groups is 1. The quantitative estimate of drug-likeness (QED) is 0.551. The number of anilines is 1. The minimum Gasteiger partial charge on any atom is -0.327 e. The van der Waals surface area contributed by atoms with Gasteiger partial charge in [-0.1, -0.05) is 36.4 Å². The number of rotatable bonds is 4. The number of nitrogens with one attached hydrogen (secondary N) is 4. The third kappa shape index (κ3) is 3.89. The Morgan fingerprint density at radius 3 is 2.76 bits per heavy atom. The number of allylic oxidation sites excluding steroid dienone is 1. The van der Waals surface area contributed by atoms with Gasteiger partial charge in [0.1, 0.15) is 0 Å². The highest BCUT2D eigenvalue weighted by Crippen LogP contribution is 2.23. The van der Waals surface area contributed by atoms with Crippen molar-refractivity contribution in [3.63, 3.8) is 0 Å². The first-order valence-corrected chi connectivity index (χ1v) is 9.27. The highest BCUT2D eigenvalue weighted by molar-refractivity contribution is 6.08. The van der Waals surface area contributed by atoms with Gasteiger partial charge in [0.05, 0.1) is 23.3 Å². The van der Waals surface area contributed by atoms with Crippen molar-refractivity contribution in [2.24, 2.45) is 0 Å². The van der Waals surface area contributed by atoms with Crippen LogP contribution >= 0.6 is 0 Å². The second-order valence-corrected chi connectivity index (χ2v) is 7.00. The second-order valence-electron chi connectivity index (χ2n) is 7.00. The van der Waals surface area contributed by atoms with Gasteiger partial charge < -0.3 is 16.0 Å². The van der Waals surface area contributed by atoms with E-state index in [1.165, 1.54) is 0 Å². The molecule has 0 saturated carbocycles. The fourth-order valence-corrected chi connectivity index (χ4v) is 3.45. The van der Waals surface area contributed by atoms with Gasteiger partial charge in [0.2, 0.25) is 0 Å². The van der Waals surface area contributed by atoms with Gasteiger partial charge in [-0.3, -0.25) is 9.89 Å². The van der Waals surface area contributed by atoms with Crippen LogP contribution in [0.4, 0.5) is 10.5 Å². The molecule has 0 radical (unpaired) electrons. The molecule has 2 heterocycles. The molecular formula is C22H21N5O2. The Morgan fingerprint density at radius 2 is 1.97 bits per heavy atom. The van der Waals surface area contributed by atoms with Gasteiger partial charge in [-0.25, -0.2) is 4.79 Å². The lowest BCUT2D eigenvalue weighted by Gasteiger charge is -2.29. The smallest absolute Gasteiger partial charge is 0.319 e. The summed E-state index contributed by atoms with van der Waals surface area (Å²) < 4.78 is 0. The summed E-state index contributed by atoms with van der Waals surface area (Å²) in [5.41, 5.74) is 4.42. The van der Waals surface area contributed by atoms with E-state index in [1.54, 1.807) is 13.1 Å². The zero-order valence-electron chi connectivity index (χ0n) is 16.1. The first-order valence-electron chi connectivity index (χ1n) is 9.27. The number of aromatic amines is 1. The molecule has 4 N–H and O–H groups in total. The molecule has 2 aromatic carbocycles. The summed E-state index contributed by atoms with van der Waals surface area (Å²) in [7, 11) is 0. The number of H-pyrrole nitrogens is 1. The molecular weight excluding hydrogens is 366 g/mol. The highest BCUT2D eigenvalue weighted by atomic mass is 16.2. The summed E-state index contributed by atoms with van der Waals surface area (Å²) in [4.78, 5) is 25.2. The van der Waals surface area contributed by atoms with Gasteiger partial charge in [-0.15, -0.1) is 0 Å². The second kappa shape index (κ2) is 7.63. The number of nitrogens with zero attached hydrogens (tertiary/aromatic N) is 1. The zero-order valence-corrected chi connectivity index (χ0v) is 16.1. The Bertz CT molecular complexity index is 1140. The molecule has 29 heavy (non-hydrogen) atoms. The Labute approximate surface area is 167 Å². The van der Waals surface area contributed by atoms with Crippen molar-refractivity contribution in [2.75, 3.05) is 5.32 Å². The van der Waals surface area contributed by atoms with Crippen LogP contribution in [0.5, 0.6) is 0 Å². The van der Waals surface area contributed by atoms with Crippen LogP contribution in [0.25, 0.3) is 17.0 Å². The molecule has 1 aliphatic heterocycles. The summed E-state index contributed by atoms with van der Waals surface area (Å²) in [6.07, 6.45) is 3.67. The molecule has 7 nitrogen and oxygen atoms in total. The van der Waals surface area contributed by atoms with Crippen LogP contribution in [-0.4, -0.2) is 28.2 Å². The Morgan fingerprint density at radius 1 is 1.17 bits per heavy atom. The zero-order chi connectivity index (χ0) is 20.4. The third-order valence-corrected chi connectivity index (χ3v) is 4.86. The number of hydrogen-bond acceptors (Lipinski definition) is 3. The molecule has 7 heteroatoms. The van der Waals surface area contributed by atoms with Crippen LogP contribution in [0.3, 0.4) is 0 Å². The molecule has 0 fully saturated rings. The van der Waals surface area contributed by atoms with Crippen molar-refractivity contribution in [2.45, 2.75) is 19.9 Å². The van der Waals surface area contributed by atoms with Crippen LogP contribution in [0.2, 0.25) is 0 Å². The lowest BCUT2D eigenvalue weighted by atomic mass is 9.94. The molecule has 0 saturated heterocycles. The van der Waals surface area contributed by atoms with Crippen LogP contribution in [-0.2, 0) is 4.79 Å². The van der Waals surface area contributed by atoms with Crippen LogP contribution < -0.4 is 16.0 Å². The monoisotopic (exact) mass is 387 g/mol. The van der Waals surface area contributed by atoms with E-state index >= 15 is 0 Å². The summed E-state index contributed by atoms with van der Waals surface area (Å²) in [6.45, 7) is 3.64. The molecule has 1 atom stereocenters. The number of hydrogen-bond donors (Lipinski definition) is 4. The number of fused-ring (bicyclic) bond motifs is 1. The number of carbonyl (C=O) groups excluding carboxylic acids is 2. The van der Waals surface area contributed by atoms with Crippen molar-refractivity contribution in [3.8, 4) is 0 Å². The number of aromatic nitrogens is 2. The van der Waals surface area contributed by atoms with E-state index in [0.29, 0.717) is 17.0 Å². The van der Waals surface area contributed by atoms with Crippen molar-refractivity contribution >= 4 is 34.6 Å². The number of amides is 3. The van der Waals surface area contributed by atoms with E-state index in [1.807, 2.05) is 61.5 Å². The lowest BCUT2D eigenvalue weighted by Crippen LogP contribution is -2.51. The fraction of sp³-hybridized carbons (Fsp3) is 0.136. The standard InChI is InChI=1S/C22H21N5O2/c1-13(10-15-6-4-3-5-7-15)20-19(14(2)24-22(29)26-20)21(28)25-17-8-9-18-16(11-17)12-23-27-18/h3-12,20H,1-2H3,(H,23,27)(H,25,28)(H2,24,26,29)/b13-10-. The van der Waals surface area contributed by atoms with E-state index in [2.05, 4.69) is 26.1 Å². The van der Waals surface area contributed by atoms with Crippen LogP contribution in [0, 0.1) is 0 Å². The molecule has 0 spiro atoms. The van der Waals surface area contributed by atoms with Crippen molar-refractivity contribution in [1.29, 1.82) is 0 Å². The van der Waals surface area contributed by atoms with Crippen LogP contribution in [0.15, 0.2) is 71.6 Å². The summed E-state index contributed by atoms with van der Waals surface area (Å²) >= 11 is 0. The SMILES string of the molecule is CC1=C(C(=O)Nc2ccc3[nH]ncc3c2)C(/C(C)=C\c2ccccc2)NC(=O)N1. The van der Waals surface area contributed by atoms with Crippen LogP contribution in [0.1, 0.15) is 19.4 Å². The summed E-state index contributed by atoms with van der Waals surface area (Å²) in [5, 5.41) is 16.3. The molecule has 3 amide bonds. The van der Waals surface area contributed by atoms with Gasteiger partial charge in [0, 0.05) is 16.8 Å². The topological polar surface area (TPSA) is 98.9 Å². The molecule has 1 aromatic heterocycles. The molecule has 1 aliphatic rings. The Balaban J connectivity index is 1.64. The van der Waals surface area contributed by atoms with E-state index in [9.17, 15) is 9.59 Å². The molecule has 0 bridgehead atoms. The normalized spacial score (nSPS) is 17.1. The van der Waals surface area contributed by atoms with Gasteiger partial charge in [-0.2, -0.15) is 5.10 Å². The molecule has 3 aromatic rings. The predicted octanol–water partition coefficient (Wildman–Crippen LogP) is 3.56. The maximum absolute atomic E-state index is 13.1. The van der Waals surface area contributed by atoms with Gasteiger partial charge >= 0.3 is 6.03 Å². The largest absolute Gasteiger partial charge is 0.327 e. The van der Waals surface area contributed by atoms with Crippen molar-refractivity contribution in [1.82, 2.24) is 20.8 Å². The van der Waals surface area contributed by atoms with E-state index in [-0.39, 0.29) is 11.9 Å². The summed E-state index contributed by atoms with van der Waals surface area (Å²) in [5.74, 6) is -0.274. The van der Waals surface area contributed by atoms with E-state index in [0.717, 1.165) is 22.0 Å². The average Bonchev–Trinajstić information content (AvgIpc) is 3.16. The number of benzene rings is 2. The minimum atomic E-state index is -0.526. The molecule has 4 rings (SSSR count). The van der Waals surface area contributed by atoms with Gasteiger partial charge in [0.15, 0.2) is 0 Å². The maximum Gasteiger partial charge on any atom is 0.319 e. The Kier molecular flexibility index (Phi) is 4.87. The third-order valence-electron chi connectivity index (χ3n) is 4.86. The summed E-state index contributed by atoms with van der Waals surface area (Å²) in [6, 6.07) is 14.4. The van der Waals surface area contributed by atoms with E-state index < -0.39 is 6.04 Å². The van der Waals surface area contributed by atoms with E-state index in [4.69, 9.17) is 0 Å². The van der Waals surface area contributed by atoms with Crippen molar-refractivity contribution < 1.29 is 9.59 Å². The Hall–Kier alpha value is -3.87. The maximum atomic E-state index is 13.1. The molecule has 146 valence electrons. The molecule has 0 aliphatic carbocycles. The first kappa shape index (κ1) is 18.5. The lowest BCUT2D eigenvalue weighted by molar-refractivity contribution is -0.113. The van der Waals surface area contributed by atoms with Gasteiger partial charge in [-0.05, 0) is 43.2 Å². The fourth-order valence-electron chi connectivity index (χ4n) is 3.45. The first-order chi connectivity index (χ1) is 14.0. The number of carbonyl (C=O) groups is 2. The minimum absolute atomic E-state index is 0.274. The average molecular weight is 387 g/mol. The molecule has 1 unspecified atom stereocenters. The van der Waals surface area contributed by atoms with Gasteiger partial charge in [0.25, 0.3) is 5.91 Å².